The van der Waals surface area contributed by atoms with Gasteiger partial charge in [0.15, 0.2) is 0 Å². The molecule has 94 valence electrons. The fourth-order valence-electron chi connectivity index (χ4n) is 1.43. The summed E-state index contributed by atoms with van der Waals surface area (Å²) in [5, 5.41) is 10.3. The Hall–Kier alpha value is -0.740. The van der Waals surface area contributed by atoms with Crippen molar-refractivity contribution in [2.45, 2.75) is 6.61 Å². The second kappa shape index (κ2) is 5.93. The molecule has 0 amide bonds. The summed E-state index contributed by atoms with van der Waals surface area (Å²) in [7, 11) is 0. The van der Waals surface area contributed by atoms with Gasteiger partial charge >= 0.3 is 0 Å². The van der Waals surface area contributed by atoms with Gasteiger partial charge in [0, 0.05) is 21.1 Å². The summed E-state index contributed by atoms with van der Waals surface area (Å²) in [6.07, 6.45) is 0. The minimum atomic E-state index is -0.110. The zero-order chi connectivity index (χ0) is 13.1. The summed E-state index contributed by atoms with van der Waals surface area (Å²) < 4.78 is 6.54. The highest BCUT2D eigenvalue weighted by molar-refractivity contribution is 9.10. The first-order valence-corrected chi connectivity index (χ1v) is 6.67. The molecule has 2 aromatic rings. The van der Waals surface area contributed by atoms with E-state index < -0.39 is 0 Å². The van der Waals surface area contributed by atoms with Gasteiger partial charge in [-0.05, 0) is 24.3 Å². The Morgan fingerprint density at radius 3 is 2.56 bits per heavy atom. The second-order valence-corrected chi connectivity index (χ2v) is 5.35. The maximum atomic E-state index is 9.26. The van der Waals surface area contributed by atoms with Crippen LogP contribution in [-0.2, 0) is 6.61 Å². The van der Waals surface area contributed by atoms with Gasteiger partial charge in [-0.3, -0.25) is 0 Å². The van der Waals surface area contributed by atoms with Gasteiger partial charge < -0.3 is 9.84 Å². The molecule has 0 radical (unpaired) electrons. The average Bonchev–Trinajstić information content (AvgIpc) is 2.34. The van der Waals surface area contributed by atoms with E-state index in [1.807, 2.05) is 6.07 Å². The summed E-state index contributed by atoms with van der Waals surface area (Å²) in [5.41, 5.74) is 0.675. The van der Waals surface area contributed by atoms with Crippen LogP contribution in [0.25, 0.3) is 0 Å². The Bertz CT molecular complexity index is 573. The van der Waals surface area contributed by atoms with E-state index in [-0.39, 0.29) is 6.61 Å². The van der Waals surface area contributed by atoms with Gasteiger partial charge in [0.1, 0.15) is 11.5 Å². The van der Waals surface area contributed by atoms with E-state index in [0.717, 1.165) is 4.47 Å². The number of hydrogen-bond donors (Lipinski definition) is 1. The first-order chi connectivity index (χ1) is 8.60. The monoisotopic (exact) mass is 346 g/mol. The second-order valence-electron chi connectivity index (χ2n) is 3.59. The quantitative estimate of drug-likeness (QED) is 0.842. The van der Waals surface area contributed by atoms with Gasteiger partial charge in [-0.25, -0.2) is 0 Å². The third-order valence-corrected chi connectivity index (χ3v) is 3.35. The van der Waals surface area contributed by atoms with Crippen molar-refractivity contribution in [1.29, 1.82) is 0 Å². The van der Waals surface area contributed by atoms with Crippen molar-refractivity contribution in [3.63, 3.8) is 0 Å². The average molecular weight is 348 g/mol. The van der Waals surface area contributed by atoms with Crippen LogP contribution in [0.1, 0.15) is 5.56 Å². The van der Waals surface area contributed by atoms with Gasteiger partial charge in [-0.2, -0.15) is 0 Å². The Morgan fingerprint density at radius 1 is 1.06 bits per heavy atom. The summed E-state index contributed by atoms with van der Waals surface area (Å²) >= 11 is 15.3. The van der Waals surface area contributed by atoms with E-state index in [0.29, 0.717) is 27.1 Å². The maximum absolute atomic E-state index is 9.26. The first kappa shape index (κ1) is 13.7. The molecule has 0 heterocycles. The Morgan fingerprint density at radius 2 is 1.83 bits per heavy atom. The van der Waals surface area contributed by atoms with Crippen molar-refractivity contribution in [3.05, 3.63) is 56.5 Å². The summed E-state index contributed by atoms with van der Waals surface area (Å²) in [4.78, 5) is 0. The van der Waals surface area contributed by atoms with Crippen molar-refractivity contribution in [1.82, 2.24) is 0 Å². The van der Waals surface area contributed by atoms with Crippen LogP contribution in [0.4, 0.5) is 0 Å². The minimum Gasteiger partial charge on any atom is -0.455 e. The molecule has 0 atom stereocenters. The summed E-state index contributed by atoms with van der Waals surface area (Å²) in [5.74, 6) is 0.994. The number of aliphatic hydroxyl groups excluding tert-OH is 1. The van der Waals surface area contributed by atoms with Crippen molar-refractivity contribution in [2.24, 2.45) is 0 Å². The molecule has 0 aliphatic rings. The third kappa shape index (κ3) is 3.18. The predicted molar refractivity (Wildman–Crippen MR) is 76.6 cm³/mol. The zero-order valence-corrected chi connectivity index (χ0v) is 12.3. The fraction of sp³-hybridized carbons (Fsp3) is 0.0769. The van der Waals surface area contributed by atoms with Gasteiger partial charge in [-0.15, -0.1) is 0 Å². The lowest BCUT2D eigenvalue weighted by Gasteiger charge is -2.11. The fourth-order valence-corrected chi connectivity index (χ4v) is 2.09. The van der Waals surface area contributed by atoms with Gasteiger partial charge in [0.2, 0.25) is 0 Å². The number of halogens is 3. The maximum Gasteiger partial charge on any atom is 0.147 e. The molecule has 2 rings (SSSR count). The molecule has 0 aliphatic heterocycles. The molecule has 0 bridgehead atoms. The topological polar surface area (TPSA) is 29.5 Å². The molecule has 0 fully saturated rings. The van der Waals surface area contributed by atoms with Gasteiger partial charge in [-0.1, -0.05) is 45.2 Å². The van der Waals surface area contributed by atoms with Crippen molar-refractivity contribution in [3.8, 4) is 11.5 Å². The molecular weight excluding hydrogens is 339 g/mol. The van der Waals surface area contributed by atoms with Gasteiger partial charge in [0.05, 0.1) is 11.6 Å². The van der Waals surface area contributed by atoms with E-state index in [1.54, 1.807) is 30.3 Å². The SMILES string of the molecule is OCc1ccc(Br)cc1Oc1cc(Cl)ccc1Cl. The van der Waals surface area contributed by atoms with Crippen LogP contribution in [0.5, 0.6) is 11.5 Å². The third-order valence-electron chi connectivity index (χ3n) is 2.31. The van der Waals surface area contributed by atoms with E-state index >= 15 is 0 Å². The van der Waals surface area contributed by atoms with Crippen LogP contribution in [-0.4, -0.2) is 5.11 Å². The van der Waals surface area contributed by atoms with Crippen LogP contribution >= 0.6 is 39.1 Å². The molecule has 0 aliphatic carbocycles. The molecule has 0 unspecified atom stereocenters. The van der Waals surface area contributed by atoms with Crippen LogP contribution < -0.4 is 4.74 Å². The van der Waals surface area contributed by atoms with Crippen LogP contribution in [0.2, 0.25) is 10.0 Å². The van der Waals surface area contributed by atoms with Crippen molar-refractivity contribution in [2.75, 3.05) is 0 Å². The van der Waals surface area contributed by atoms with E-state index in [2.05, 4.69) is 15.9 Å². The molecule has 18 heavy (non-hydrogen) atoms. The van der Waals surface area contributed by atoms with E-state index in [9.17, 15) is 5.11 Å². The van der Waals surface area contributed by atoms with Gasteiger partial charge in [0.25, 0.3) is 0 Å². The molecule has 5 heteroatoms. The highest BCUT2D eigenvalue weighted by Gasteiger charge is 2.08. The Kier molecular flexibility index (Phi) is 4.51. The Balaban J connectivity index is 2.38. The lowest BCUT2D eigenvalue weighted by Crippen LogP contribution is -1.92. The number of benzene rings is 2. The molecular formula is C13H9BrCl2O2. The van der Waals surface area contributed by atoms with Crippen LogP contribution in [0.15, 0.2) is 40.9 Å². The smallest absolute Gasteiger partial charge is 0.147 e. The van der Waals surface area contributed by atoms with Crippen LogP contribution in [0, 0.1) is 0 Å². The van der Waals surface area contributed by atoms with Crippen LogP contribution in [0.3, 0.4) is 0 Å². The molecule has 2 aromatic carbocycles. The number of aliphatic hydroxyl groups is 1. The highest BCUT2D eigenvalue weighted by Crippen LogP contribution is 2.34. The molecule has 0 spiro atoms. The summed E-state index contributed by atoms with van der Waals surface area (Å²) in [6, 6.07) is 10.4. The number of hydrogen-bond acceptors (Lipinski definition) is 2. The summed E-state index contributed by atoms with van der Waals surface area (Å²) in [6.45, 7) is -0.110. The molecule has 0 saturated heterocycles. The van der Waals surface area contributed by atoms with E-state index in [1.165, 1.54) is 0 Å². The highest BCUT2D eigenvalue weighted by atomic mass is 79.9. The molecule has 0 aromatic heterocycles. The number of rotatable bonds is 3. The molecule has 0 saturated carbocycles. The standard InChI is InChI=1S/C13H9BrCl2O2/c14-9-2-1-8(7-17)12(5-9)18-13-6-10(15)3-4-11(13)16/h1-6,17H,7H2. The molecule has 1 N–H and O–H groups in total. The minimum absolute atomic E-state index is 0.110. The Labute approximate surface area is 123 Å². The van der Waals surface area contributed by atoms with Crippen molar-refractivity contribution < 1.29 is 9.84 Å². The first-order valence-electron chi connectivity index (χ1n) is 5.12. The van der Waals surface area contributed by atoms with E-state index in [4.69, 9.17) is 27.9 Å². The molecule has 2 nitrogen and oxygen atoms in total. The predicted octanol–water partition coefficient (Wildman–Crippen LogP) is 5.04. The lowest BCUT2D eigenvalue weighted by atomic mass is 10.2. The number of ether oxygens (including phenoxy) is 1. The lowest BCUT2D eigenvalue weighted by molar-refractivity contribution is 0.276. The zero-order valence-electron chi connectivity index (χ0n) is 9.16. The van der Waals surface area contributed by atoms with Crippen molar-refractivity contribution >= 4 is 39.1 Å². The normalized spacial score (nSPS) is 10.4. The largest absolute Gasteiger partial charge is 0.455 e.